The lowest BCUT2D eigenvalue weighted by Crippen LogP contribution is -2.32. The van der Waals surface area contributed by atoms with Crippen molar-refractivity contribution in [3.63, 3.8) is 0 Å². The van der Waals surface area contributed by atoms with Gasteiger partial charge in [0.05, 0.1) is 0 Å². The van der Waals surface area contributed by atoms with Gasteiger partial charge in [0.2, 0.25) is 11.0 Å². The van der Waals surface area contributed by atoms with Gasteiger partial charge < -0.3 is 5.32 Å². The van der Waals surface area contributed by atoms with E-state index in [1.165, 1.54) is 11.3 Å². The number of anilines is 2. The summed E-state index contributed by atoms with van der Waals surface area (Å²) < 4.78 is 0. The largest absolute Gasteiger partial charge is 0.374 e. The summed E-state index contributed by atoms with van der Waals surface area (Å²) in [7, 11) is 0. The molecule has 0 fully saturated rings. The Bertz CT molecular complexity index is 644. The van der Waals surface area contributed by atoms with E-state index in [4.69, 9.17) is 11.6 Å². The standard InChI is InChI=1S/C14H17ClN4OS/c1-4-12-18-19-14(21-12)17-13(20)9(3)16-11-6-5-10(15)7-8(11)2/h5-7,9,16H,4H2,1-3H3,(H,17,19,20)/t9-/m0/s1. The van der Waals surface area contributed by atoms with E-state index < -0.39 is 0 Å². The topological polar surface area (TPSA) is 66.9 Å². The first-order chi connectivity index (χ1) is 9.99. The number of nitrogens with zero attached hydrogens (tertiary/aromatic N) is 2. The number of halogens is 1. The Hall–Kier alpha value is -1.66. The quantitative estimate of drug-likeness (QED) is 0.883. The van der Waals surface area contributed by atoms with E-state index >= 15 is 0 Å². The van der Waals surface area contributed by atoms with Crippen LogP contribution in [0.25, 0.3) is 0 Å². The van der Waals surface area contributed by atoms with Gasteiger partial charge in [-0.3, -0.25) is 10.1 Å². The highest BCUT2D eigenvalue weighted by molar-refractivity contribution is 7.15. The van der Waals surface area contributed by atoms with E-state index in [1.54, 1.807) is 13.0 Å². The van der Waals surface area contributed by atoms with Crippen LogP contribution in [0.4, 0.5) is 10.8 Å². The number of aryl methyl sites for hydroxylation is 2. The fraction of sp³-hybridized carbons (Fsp3) is 0.357. The van der Waals surface area contributed by atoms with Gasteiger partial charge in [-0.1, -0.05) is 29.9 Å². The van der Waals surface area contributed by atoms with E-state index in [1.807, 2.05) is 26.0 Å². The Morgan fingerprint density at radius 2 is 2.19 bits per heavy atom. The van der Waals surface area contributed by atoms with Crippen LogP contribution in [0.3, 0.4) is 0 Å². The fourth-order valence-corrected chi connectivity index (χ4v) is 2.66. The van der Waals surface area contributed by atoms with Crippen molar-refractivity contribution in [1.82, 2.24) is 10.2 Å². The van der Waals surface area contributed by atoms with Crippen LogP contribution in [0.15, 0.2) is 18.2 Å². The second-order valence-corrected chi connectivity index (χ2v) is 6.17. The molecule has 0 saturated heterocycles. The molecule has 1 atom stereocenters. The lowest BCUT2D eigenvalue weighted by Gasteiger charge is -2.16. The van der Waals surface area contributed by atoms with Crippen LogP contribution in [0.2, 0.25) is 5.02 Å². The summed E-state index contributed by atoms with van der Waals surface area (Å²) in [5.74, 6) is -0.150. The van der Waals surface area contributed by atoms with E-state index in [-0.39, 0.29) is 11.9 Å². The van der Waals surface area contributed by atoms with Crippen molar-refractivity contribution in [1.29, 1.82) is 0 Å². The smallest absolute Gasteiger partial charge is 0.248 e. The molecular weight excluding hydrogens is 308 g/mol. The molecule has 7 heteroatoms. The van der Waals surface area contributed by atoms with Crippen molar-refractivity contribution in [2.75, 3.05) is 10.6 Å². The first kappa shape index (κ1) is 15.7. The average Bonchev–Trinajstić information content (AvgIpc) is 2.89. The van der Waals surface area contributed by atoms with Crippen molar-refractivity contribution in [2.24, 2.45) is 0 Å². The zero-order valence-electron chi connectivity index (χ0n) is 12.1. The van der Waals surface area contributed by atoms with Gasteiger partial charge in [0, 0.05) is 10.7 Å². The average molecular weight is 325 g/mol. The van der Waals surface area contributed by atoms with Gasteiger partial charge in [-0.05, 0) is 44.0 Å². The molecule has 21 heavy (non-hydrogen) atoms. The van der Waals surface area contributed by atoms with E-state index in [0.29, 0.717) is 10.2 Å². The van der Waals surface area contributed by atoms with Gasteiger partial charge in [0.25, 0.3) is 0 Å². The molecule has 0 aliphatic rings. The van der Waals surface area contributed by atoms with E-state index in [2.05, 4.69) is 20.8 Å². The summed E-state index contributed by atoms with van der Waals surface area (Å²) in [5, 5.41) is 15.9. The number of benzene rings is 1. The number of rotatable bonds is 5. The summed E-state index contributed by atoms with van der Waals surface area (Å²) in [6.45, 7) is 5.74. The molecule has 2 N–H and O–H groups in total. The first-order valence-corrected chi connectivity index (χ1v) is 7.85. The molecule has 0 aliphatic heterocycles. The van der Waals surface area contributed by atoms with Crippen molar-refractivity contribution < 1.29 is 4.79 Å². The maximum absolute atomic E-state index is 12.1. The maximum Gasteiger partial charge on any atom is 0.248 e. The van der Waals surface area contributed by atoms with Gasteiger partial charge in [-0.2, -0.15) is 0 Å². The van der Waals surface area contributed by atoms with Gasteiger partial charge in [-0.15, -0.1) is 10.2 Å². The molecule has 112 valence electrons. The van der Waals surface area contributed by atoms with Gasteiger partial charge in [0.15, 0.2) is 0 Å². The summed E-state index contributed by atoms with van der Waals surface area (Å²) in [6.07, 6.45) is 0.811. The van der Waals surface area contributed by atoms with Crippen molar-refractivity contribution in [3.05, 3.63) is 33.8 Å². The molecule has 0 bridgehead atoms. The van der Waals surface area contributed by atoms with Gasteiger partial charge >= 0.3 is 0 Å². The predicted octanol–water partition coefficient (Wildman–Crippen LogP) is 3.50. The summed E-state index contributed by atoms with van der Waals surface area (Å²) in [6, 6.07) is 5.12. The SMILES string of the molecule is CCc1nnc(NC(=O)[C@H](C)Nc2ccc(Cl)cc2C)s1. The highest BCUT2D eigenvalue weighted by atomic mass is 35.5. The highest BCUT2D eigenvalue weighted by Crippen LogP contribution is 2.21. The van der Waals surface area contributed by atoms with Crippen LogP contribution in [0, 0.1) is 6.92 Å². The number of carbonyl (C=O) groups excluding carboxylic acids is 1. The van der Waals surface area contributed by atoms with Crippen LogP contribution in [0.1, 0.15) is 24.4 Å². The minimum Gasteiger partial charge on any atom is -0.374 e. The molecule has 2 rings (SSSR count). The van der Waals surface area contributed by atoms with Gasteiger partial charge in [0.1, 0.15) is 11.0 Å². The van der Waals surface area contributed by atoms with Crippen molar-refractivity contribution in [3.8, 4) is 0 Å². The Kier molecular flexibility index (Phi) is 5.14. The molecule has 1 aromatic carbocycles. The summed E-state index contributed by atoms with van der Waals surface area (Å²) in [4.78, 5) is 12.1. The van der Waals surface area contributed by atoms with Crippen LogP contribution >= 0.6 is 22.9 Å². The molecule has 1 amide bonds. The van der Waals surface area contributed by atoms with E-state index in [0.717, 1.165) is 22.7 Å². The first-order valence-electron chi connectivity index (χ1n) is 6.65. The molecule has 0 radical (unpaired) electrons. The lowest BCUT2D eigenvalue weighted by atomic mass is 10.2. The zero-order valence-corrected chi connectivity index (χ0v) is 13.7. The third kappa shape index (κ3) is 4.15. The third-order valence-electron chi connectivity index (χ3n) is 2.95. The fourth-order valence-electron chi connectivity index (χ4n) is 1.75. The summed E-state index contributed by atoms with van der Waals surface area (Å²) in [5.41, 5.74) is 1.87. The van der Waals surface area contributed by atoms with Crippen molar-refractivity contribution >= 4 is 39.7 Å². The molecule has 2 aromatic rings. The number of hydrogen-bond acceptors (Lipinski definition) is 5. The summed E-state index contributed by atoms with van der Waals surface area (Å²) >= 11 is 7.31. The molecule has 1 aromatic heterocycles. The normalized spacial score (nSPS) is 12.0. The van der Waals surface area contributed by atoms with Crippen LogP contribution in [-0.4, -0.2) is 22.1 Å². The second kappa shape index (κ2) is 6.87. The number of hydrogen-bond donors (Lipinski definition) is 2. The third-order valence-corrected chi connectivity index (χ3v) is 4.17. The number of nitrogens with one attached hydrogen (secondary N) is 2. The zero-order chi connectivity index (χ0) is 15.4. The Labute approximate surface area is 132 Å². The monoisotopic (exact) mass is 324 g/mol. The maximum atomic E-state index is 12.1. The number of carbonyl (C=O) groups is 1. The molecule has 1 heterocycles. The Morgan fingerprint density at radius 1 is 1.43 bits per heavy atom. The van der Waals surface area contributed by atoms with Crippen LogP contribution in [0.5, 0.6) is 0 Å². The lowest BCUT2D eigenvalue weighted by molar-refractivity contribution is -0.116. The Balaban J connectivity index is 1.98. The molecule has 0 aliphatic carbocycles. The van der Waals surface area contributed by atoms with Gasteiger partial charge in [-0.25, -0.2) is 0 Å². The number of aromatic nitrogens is 2. The minimum atomic E-state index is -0.390. The number of amides is 1. The molecule has 0 unspecified atom stereocenters. The van der Waals surface area contributed by atoms with Crippen LogP contribution < -0.4 is 10.6 Å². The highest BCUT2D eigenvalue weighted by Gasteiger charge is 2.15. The minimum absolute atomic E-state index is 0.150. The van der Waals surface area contributed by atoms with E-state index in [9.17, 15) is 4.79 Å². The van der Waals surface area contributed by atoms with Crippen LogP contribution in [-0.2, 0) is 11.2 Å². The Morgan fingerprint density at radius 3 is 2.81 bits per heavy atom. The predicted molar refractivity (Wildman–Crippen MR) is 87.2 cm³/mol. The van der Waals surface area contributed by atoms with Crippen molar-refractivity contribution in [2.45, 2.75) is 33.2 Å². The molecular formula is C14H17ClN4OS. The second-order valence-electron chi connectivity index (χ2n) is 4.67. The molecule has 5 nitrogen and oxygen atoms in total. The molecule has 0 saturated carbocycles. The molecule has 0 spiro atoms.